The molecule has 2 aliphatic rings. The maximum absolute atomic E-state index is 13.0. The molecule has 0 spiro atoms. The zero-order valence-electron chi connectivity index (χ0n) is 16.8. The van der Waals surface area contributed by atoms with E-state index in [-0.39, 0.29) is 18.4 Å². The minimum Gasteiger partial charge on any atom is -0.494 e. The molecule has 0 aliphatic carbocycles. The van der Waals surface area contributed by atoms with Crippen molar-refractivity contribution in [3.63, 3.8) is 0 Å². The molecule has 1 aromatic rings. The van der Waals surface area contributed by atoms with E-state index in [0.29, 0.717) is 50.7 Å². The number of rotatable bonds is 6. The third-order valence-corrected chi connectivity index (χ3v) is 7.58. The Hall–Kier alpha value is -1.64. The molecule has 7 nitrogen and oxygen atoms in total. The van der Waals surface area contributed by atoms with Gasteiger partial charge in [0.05, 0.1) is 12.5 Å². The van der Waals surface area contributed by atoms with Gasteiger partial charge in [-0.25, -0.2) is 0 Å². The summed E-state index contributed by atoms with van der Waals surface area (Å²) in [5.41, 5.74) is 0.693. The van der Waals surface area contributed by atoms with E-state index in [1.54, 1.807) is 16.4 Å². The van der Waals surface area contributed by atoms with Gasteiger partial charge in [-0.1, -0.05) is 6.92 Å². The van der Waals surface area contributed by atoms with Crippen LogP contribution in [0.5, 0.6) is 5.75 Å². The van der Waals surface area contributed by atoms with Crippen molar-refractivity contribution < 1.29 is 17.9 Å². The van der Waals surface area contributed by atoms with Crippen LogP contribution >= 0.6 is 0 Å². The monoisotopic (exact) mass is 409 g/mol. The maximum Gasteiger partial charge on any atom is 0.281 e. The summed E-state index contributed by atoms with van der Waals surface area (Å²) < 4.78 is 34.4. The van der Waals surface area contributed by atoms with Crippen LogP contribution in [0.1, 0.15) is 39.5 Å². The molecule has 1 atom stereocenters. The molecular formula is C20H31N3O4S. The molecule has 1 aromatic carbocycles. The maximum atomic E-state index is 13.0. The molecule has 8 heteroatoms. The van der Waals surface area contributed by atoms with Crippen LogP contribution in [-0.2, 0) is 15.0 Å². The van der Waals surface area contributed by atoms with Gasteiger partial charge >= 0.3 is 0 Å². The molecule has 156 valence electrons. The normalized spacial score (nSPS) is 22.7. The summed E-state index contributed by atoms with van der Waals surface area (Å²) >= 11 is 0. The van der Waals surface area contributed by atoms with Crippen LogP contribution in [0.15, 0.2) is 24.3 Å². The molecule has 0 saturated carbocycles. The Morgan fingerprint density at radius 2 is 1.79 bits per heavy atom. The first-order valence-electron chi connectivity index (χ1n) is 10.2. The van der Waals surface area contributed by atoms with Gasteiger partial charge in [-0.3, -0.25) is 4.79 Å². The second-order valence-corrected chi connectivity index (χ2v) is 9.66. The summed E-state index contributed by atoms with van der Waals surface area (Å²) in [6, 6.07) is 7.23. The molecule has 0 aromatic heterocycles. The van der Waals surface area contributed by atoms with E-state index >= 15 is 0 Å². The molecule has 2 aliphatic heterocycles. The average Bonchev–Trinajstić information content (AvgIpc) is 2.70. The van der Waals surface area contributed by atoms with E-state index in [2.05, 4.69) is 12.2 Å². The quantitative estimate of drug-likeness (QED) is 0.784. The second kappa shape index (κ2) is 9.24. The van der Waals surface area contributed by atoms with Gasteiger partial charge in [0.15, 0.2) is 0 Å². The Kier molecular flexibility index (Phi) is 6.95. The smallest absolute Gasteiger partial charge is 0.281 e. The number of piperidine rings is 2. The first-order valence-corrected chi connectivity index (χ1v) is 11.6. The lowest BCUT2D eigenvalue weighted by molar-refractivity contribution is -0.120. The van der Waals surface area contributed by atoms with Crippen molar-refractivity contribution in [3.05, 3.63) is 24.3 Å². The van der Waals surface area contributed by atoms with Gasteiger partial charge in [0.2, 0.25) is 5.91 Å². The average molecular weight is 410 g/mol. The third-order valence-electron chi connectivity index (χ3n) is 5.58. The number of nitrogens with one attached hydrogen (secondary N) is 1. The molecule has 28 heavy (non-hydrogen) atoms. The van der Waals surface area contributed by atoms with Gasteiger partial charge in [0.25, 0.3) is 10.2 Å². The lowest BCUT2D eigenvalue weighted by atomic mass is 9.99. The number of hydrogen-bond donors (Lipinski definition) is 1. The number of nitrogens with zero attached hydrogens (tertiary/aromatic N) is 2. The molecule has 3 rings (SSSR count). The summed E-state index contributed by atoms with van der Waals surface area (Å²) in [6.45, 7) is 6.55. The minimum atomic E-state index is -3.49. The molecule has 1 N–H and O–H groups in total. The number of carbonyl (C=O) groups is 1. The highest BCUT2D eigenvalue weighted by atomic mass is 32.2. The molecule has 2 fully saturated rings. The van der Waals surface area contributed by atoms with Crippen LogP contribution in [0.4, 0.5) is 5.69 Å². The Balaban J connectivity index is 1.60. The third kappa shape index (κ3) is 5.04. The number of benzene rings is 1. The van der Waals surface area contributed by atoms with Crippen molar-refractivity contribution in [1.29, 1.82) is 0 Å². The molecule has 2 heterocycles. The van der Waals surface area contributed by atoms with Gasteiger partial charge in [-0.15, -0.1) is 0 Å². The lowest BCUT2D eigenvalue weighted by Gasteiger charge is -2.37. The van der Waals surface area contributed by atoms with Crippen LogP contribution in [0.3, 0.4) is 0 Å². The molecule has 0 radical (unpaired) electrons. The summed E-state index contributed by atoms with van der Waals surface area (Å²) in [7, 11) is -3.49. The van der Waals surface area contributed by atoms with Crippen LogP contribution in [0.25, 0.3) is 0 Å². The zero-order chi connectivity index (χ0) is 20.1. The van der Waals surface area contributed by atoms with Crippen molar-refractivity contribution in [3.8, 4) is 5.75 Å². The summed E-state index contributed by atoms with van der Waals surface area (Å²) in [4.78, 5) is 12.7. The fourth-order valence-corrected chi connectivity index (χ4v) is 5.52. The number of amides is 1. The van der Waals surface area contributed by atoms with Crippen LogP contribution in [0.2, 0.25) is 0 Å². The summed E-state index contributed by atoms with van der Waals surface area (Å²) in [5.74, 6) is 0.863. The highest BCUT2D eigenvalue weighted by Gasteiger charge is 2.37. The van der Waals surface area contributed by atoms with Crippen molar-refractivity contribution in [2.75, 3.05) is 38.1 Å². The van der Waals surface area contributed by atoms with Gasteiger partial charge < -0.3 is 10.1 Å². The highest BCUT2D eigenvalue weighted by Crippen LogP contribution is 2.26. The first kappa shape index (κ1) is 21.1. The van der Waals surface area contributed by atoms with Crippen molar-refractivity contribution in [1.82, 2.24) is 8.61 Å². The van der Waals surface area contributed by atoms with E-state index in [0.717, 1.165) is 18.6 Å². The molecule has 2 saturated heterocycles. The number of hydrogen-bond acceptors (Lipinski definition) is 4. The minimum absolute atomic E-state index is 0.128. The van der Waals surface area contributed by atoms with Crippen molar-refractivity contribution in [2.24, 2.45) is 11.8 Å². The van der Waals surface area contributed by atoms with Crippen LogP contribution < -0.4 is 10.1 Å². The molecular weight excluding hydrogens is 378 g/mol. The SMILES string of the molecule is CCOc1ccc(NC(=O)C2CCCN(S(=O)(=O)N3CCC(C)CC3)C2)cc1. The van der Waals surface area contributed by atoms with E-state index in [4.69, 9.17) is 4.74 Å². The van der Waals surface area contributed by atoms with Gasteiger partial charge in [0, 0.05) is 31.9 Å². The summed E-state index contributed by atoms with van der Waals surface area (Å²) in [5, 5.41) is 2.91. The molecule has 1 unspecified atom stereocenters. The van der Waals surface area contributed by atoms with E-state index < -0.39 is 10.2 Å². The van der Waals surface area contributed by atoms with Crippen LogP contribution in [0, 0.1) is 11.8 Å². The van der Waals surface area contributed by atoms with E-state index in [1.807, 2.05) is 19.1 Å². The molecule has 1 amide bonds. The van der Waals surface area contributed by atoms with Crippen molar-refractivity contribution in [2.45, 2.75) is 39.5 Å². The fourth-order valence-electron chi connectivity index (χ4n) is 3.79. The number of carbonyl (C=O) groups excluding carboxylic acids is 1. The van der Waals surface area contributed by atoms with Crippen LogP contribution in [-0.4, -0.2) is 55.7 Å². The number of anilines is 1. The van der Waals surface area contributed by atoms with E-state index in [1.165, 1.54) is 4.31 Å². The molecule has 0 bridgehead atoms. The Morgan fingerprint density at radius 1 is 1.11 bits per heavy atom. The van der Waals surface area contributed by atoms with Crippen molar-refractivity contribution >= 4 is 21.8 Å². The standard InChI is InChI=1S/C20H31N3O4S/c1-3-27-19-8-6-18(7-9-19)21-20(24)17-5-4-12-23(15-17)28(25,26)22-13-10-16(2)11-14-22/h6-9,16-17H,3-5,10-15H2,1-2H3,(H,21,24). The number of ether oxygens (including phenoxy) is 1. The predicted octanol–water partition coefficient (Wildman–Crippen LogP) is 2.71. The lowest BCUT2D eigenvalue weighted by Crippen LogP contribution is -2.51. The Bertz CT molecular complexity index is 758. The second-order valence-electron chi connectivity index (χ2n) is 7.73. The first-order chi connectivity index (χ1) is 13.4. The zero-order valence-corrected chi connectivity index (χ0v) is 17.6. The Morgan fingerprint density at radius 3 is 2.43 bits per heavy atom. The largest absolute Gasteiger partial charge is 0.494 e. The summed E-state index contributed by atoms with van der Waals surface area (Å²) in [6.07, 6.45) is 3.19. The van der Waals surface area contributed by atoms with Gasteiger partial charge in [-0.05, 0) is 62.8 Å². The van der Waals surface area contributed by atoms with Gasteiger partial charge in [0.1, 0.15) is 5.75 Å². The topological polar surface area (TPSA) is 79.0 Å². The van der Waals surface area contributed by atoms with Gasteiger partial charge in [-0.2, -0.15) is 17.0 Å². The van der Waals surface area contributed by atoms with E-state index in [9.17, 15) is 13.2 Å². The predicted molar refractivity (Wildman–Crippen MR) is 109 cm³/mol. The fraction of sp³-hybridized carbons (Fsp3) is 0.650. The highest BCUT2D eigenvalue weighted by molar-refractivity contribution is 7.86. The Labute approximate surface area is 168 Å².